The Labute approximate surface area is 55.9 Å². The van der Waals surface area contributed by atoms with Crippen LogP contribution >= 0.6 is 27.7 Å². The van der Waals surface area contributed by atoms with Gasteiger partial charge in [-0.05, 0) is 15.9 Å². The summed E-state index contributed by atoms with van der Waals surface area (Å²) in [6.07, 6.45) is 2.07. The van der Waals surface area contributed by atoms with Gasteiger partial charge in [-0.3, -0.25) is 0 Å². The van der Waals surface area contributed by atoms with Crippen molar-refractivity contribution in [3.63, 3.8) is 0 Å². The molecule has 0 saturated carbocycles. The smallest absolute Gasteiger partial charge is 0.0683 e. The molecule has 0 radical (unpaired) electrons. The molecule has 0 saturated heterocycles. The van der Waals surface area contributed by atoms with Crippen molar-refractivity contribution in [1.82, 2.24) is 4.90 Å². The lowest BCUT2D eigenvalue weighted by atomic mass is 10.9. The zero-order valence-electron chi connectivity index (χ0n) is 4.02. The molecule has 3 heteroatoms. The van der Waals surface area contributed by atoms with Crippen LogP contribution in [0.4, 0.5) is 0 Å². The van der Waals surface area contributed by atoms with Gasteiger partial charge in [0.15, 0.2) is 0 Å². The zero-order valence-corrected chi connectivity index (χ0v) is 6.42. The standard InChI is InChI=1S/C4H6BrNS/c1-6-2-4(5)7-3-6/h2H,3H2,1H3. The lowest BCUT2D eigenvalue weighted by Crippen LogP contribution is -2.02. The van der Waals surface area contributed by atoms with Gasteiger partial charge in [-0.1, -0.05) is 11.8 Å². The van der Waals surface area contributed by atoms with Gasteiger partial charge in [0.1, 0.15) is 0 Å². The summed E-state index contributed by atoms with van der Waals surface area (Å²) in [6, 6.07) is 0. The molecule has 1 heterocycles. The first kappa shape index (κ1) is 5.51. The number of nitrogens with zero attached hydrogens (tertiary/aromatic N) is 1. The summed E-state index contributed by atoms with van der Waals surface area (Å²) in [4.78, 5) is 2.13. The van der Waals surface area contributed by atoms with Crippen LogP contribution in [0.25, 0.3) is 0 Å². The minimum atomic E-state index is 1.08. The maximum atomic E-state index is 3.36. The van der Waals surface area contributed by atoms with E-state index in [-0.39, 0.29) is 0 Å². The first-order valence-corrected chi connectivity index (χ1v) is 3.77. The Morgan fingerprint density at radius 1 is 2.00 bits per heavy atom. The molecular formula is C4H6BrNS. The summed E-state index contributed by atoms with van der Waals surface area (Å²) < 4.78 is 1.23. The van der Waals surface area contributed by atoms with Gasteiger partial charge in [-0.25, -0.2) is 0 Å². The Bertz CT molecular complexity index is 102. The predicted molar refractivity (Wildman–Crippen MR) is 37.2 cm³/mol. The molecule has 0 aliphatic carbocycles. The highest BCUT2D eigenvalue weighted by Gasteiger charge is 2.03. The van der Waals surface area contributed by atoms with E-state index in [4.69, 9.17) is 0 Å². The lowest BCUT2D eigenvalue weighted by molar-refractivity contribution is 0.551. The minimum Gasteiger partial charge on any atom is -0.369 e. The second kappa shape index (κ2) is 2.09. The van der Waals surface area contributed by atoms with E-state index >= 15 is 0 Å². The van der Waals surface area contributed by atoms with Gasteiger partial charge < -0.3 is 4.90 Å². The molecular weight excluding hydrogens is 174 g/mol. The van der Waals surface area contributed by atoms with Crippen molar-refractivity contribution in [3.8, 4) is 0 Å². The van der Waals surface area contributed by atoms with Crippen LogP contribution in [0.5, 0.6) is 0 Å². The van der Waals surface area contributed by atoms with Crippen LogP contribution < -0.4 is 0 Å². The second-order valence-electron chi connectivity index (χ2n) is 1.46. The highest BCUT2D eigenvalue weighted by molar-refractivity contribution is 9.14. The van der Waals surface area contributed by atoms with E-state index in [1.54, 1.807) is 0 Å². The van der Waals surface area contributed by atoms with Crippen LogP contribution in [0, 0.1) is 0 Å². The average Bonchev–Trinajstić information content (AvgIpc) is 1.87. The zero-order chi connectivity index (χ0) is 5.28. The van der Waals surface area contributed by atoms with Crippen LogP contribution in [-0.4, -0.2) is 17.8 Å². The highest BCUT2D eigenvalue weighted by Crippen LogP contribution is 2.28. The Morgan fingerprint density at radius 3 is 2.86 bits per heavy atom. The van der Waals surface area contributed by atoms with Crippen molar-refractivity contribution in [2.45, 2.75) is 0 Å². The molecule has 0 N–H and O–H groups in total. The summed E-state index contributed by atoms with van der Waals surface area (Å²) in [7, 11) is 2.06. The van der Waals surface area contributed by atoms with Crippen molar-refractivity contribution in [1.29, 1.82) is 0 Å². The van der Waals surface area contributed by atoms with Gasteiger partial charge in [0, 0.05) is 13.2 Å². The highest BCUT2D eigenvalue weighted by atomic mass is 79.9. The van der Waals surface area contributed by atoms with E-state index in [1.165, 1.54) is 3.81 Å². The molecule has 0 spiro atoms. The van der Waals surface area contributed by atoms with Crippen molar-refractivity contribution in [2.24, 2.45) is 0 Å². The number of halogens is 1. The van der Waals surface area contributed by atoms with Crippen molar-refractivity contribution < 1.29 is 0 Å². The number of hydrogen-bond acceptors (Lipinski definition) is 2. The lowest BCUT2D eigenvalue weighted by Gasteiger charge is -2.00. The van der Waals surface area contributed by atoms with Gasteiger partial charge >= 0.3 is 0 Å². The van der Waals surface area contributed by atoms with Gasteiger partial charge in [0.05, 0.1) is 9.69 Å². The Hall–Kier alpha value is 0.370. The molecule has 0 bridgehead atoms. The number of hydrogen-bond donors (Lipinski definition) is 0. The van der Waals surface area contributed by atoms with Crippen LogP contribution in [0.2, 0.25) is 0 Å². The normalized spacial score (nSPS) is 20.3. The molecule has 1 aliphatic rings. The molecule has 0 fully saturated rings. The molecule has 0 unspecified atom stereocenters. The van der Waals surface area contributed by atoms with Gasteiger partial charge in [-0.15, -0.1) is 0 Å². The van der Waals surface area contributed by atoms with Gasteiger partial charge in [0.2, 0.25) is 0 Å². The van der Waals surface area contributed by atoms with E-state index < -0.39 is 0 Å². The molecule has 0 atom stereocenters. The molecule has 0 aromatic rings. The monoisotopic (exact) mass is 179 g/mol. The molecule has 0 amide bonds. The topological polar surface area (TPSA) is 3.24 Å². The van der Waals surface area contributed by atoms with E-state index in [0.29, 0.717) is 0 Å². The maximum absolute atomic E-state index is 3.36. The third-order valence-electron chi connectivity index (χ3n) is 0.728. The number of rotatable bonds is 0. The molecule has 0 aromatic heterocycles. The summed E-state index contributed by atoms with van der Waals surface area (Å²) in [5, 5.41) is 0. The third kappa shape index (κ3) is 1.39. The van der Waals surface area contributed by atoms with Crippen LogP contribution in [0.3, 0.4) is 0 Å². The fourth-order valence-electron chi connectivity index (χ4n) is 0.411. The van der Waals surface area contributed by atoms with Crippen LogP contribution in [0.1, 0.15) is 0 Å². The third-order valence-corrected chi connectivity index (χ3v) is 2.54. The fourth-order valence-corrected chi connectivity index (χ4v) is 1.72. The summed E-state index contributed by atoms with van der Waals surface area (Å²) >= 11 is 5.17. The van der Waals surface area contributed by atoms with Crippen molar-refractivity contribution in [3.05, 3.63) is 10.0 Å². The molecule has 1 aliphatic heterocycles. The molecule has 40 valence electrons. The largest absolute Gasteiger partial charge is 0.369 e. The van der Waals surface area contributed by atoms with Gasteiger partial charge in [-0.2, -0.15) is 0 Å². The SMILES string of the molecule is CN1C=C(Br)SC1. The van der Waals surface area contributed by atoms with E-state index in [1.807, 2.05) is 11.8 Å². The summed E-state index contributed by atoms with van der Waals surface area (Å²) in [6.45, 7) is 0. The second-order valence-corrected chi connectivity index (χ2v) is 3.83. The maximum Gasteiger partial charge on any atom is 0.0683 e. The van der Waals surface area contributed by atoms with E-state index in [9.17, 15) is 0 Å². The summed E-state index contributed by atoms with van der Waals surface area (Å²) in [5.41, 5.74) is 0. The molecule has 0 aromatic carbocycles. The minimum absolute atomic E-state index is 1.08. The van der Waals surface area contributed by atoms with E-state index in [0.717, 1.165) is 5.88 Å². The fraction of sp³-hybridized carbons (Fsp3) is 0.500. The molecule has 7 heavy (non-hydrogen) atoms. The van der Waals surface area contributed by atoms with Crippen molar-refractivity contribution in [2.75, 3.05) is 12.9 Å². The Kier molecular flexibility index (Phi) is 1.65. The Balaban J connectivity index is 2.50. The molecule has 1 rings (SSSR count). The predicted octanol–water partition coefficient (Wildman–Crippen LogP) is 1.82. The van der Waals surface area contributed by atoms with Crippen molar-refractivity contribution >= 4 is 27.7 Å². The van der Waals surface area contributed by atoms with E-state index in [2.05, 4.69) is 34.1 Å². The number of thioether (sulfide) groups is 1. The molecule has 1 nitrogen and oxygen atoms in total. The Morgan fingerprint density at radius 2 is 2.71 bits per heavy atom. The average molecular weight is 180 g/mol. The van der Waals surface area contributed by atoms with Crippen LogP contribution in [-0.2, 0) is 0 Å². The van der Waals surface area contributed by atoms with Gasteiger partial charge in [0.25, 0.3) is 0 Å². The first-order chi connectivity index (χ1) is 3.29. The van der Waals surface area contributed by atoms with Crippen LogP contribution in [0.15, 0.2) is 10.0 Å². The quantitative estimate of drug-likeness (QED) is 0.559. The first-order valence-electron chi connectivity index (χ1n) is 1.99. The summed E-state index contributed by atoms with van der Waals surface area (Å²) in [5.74, 6) is 1.08.